The lowest BCUT2D eigenvalue weighted by Crippen LogP contribution is -2.70. The highest BCUT2D eigenvalue weighted by molar-refractivity contribution is 6.31. The summed E-state index contributed by atoms with van der Waals surface area (Å²) in [5.74, 6) is -0.776. The van der Waals surface area contributed by atoms with E-state index in [9.17, 15) is 9.90 Å². The van der Waals surface area contributed by atoms with Gasteiger partial charge in [-0.25, -0.2) is 14.6 Å². The van der Waals surface area contributed by atoms with Crippen LogP contribution in [-0.4, -0.2) is 35.0 Å². The Hall–Kier alpha value is -1.22. The van der Waals surface area contributed by atoms with Crippen molar-refractivity contribution in [2.75, 3.05) is 0 Å². The molecular weight excluding hydrogens is 436 g/mol. The topological polar surface area (TPSA) is 83.5 Å². The molecule has 1 aliphatic carbocycles. The highest BCUT2D eigenvalue weighted by Gasteiger charge is 2.69. The number of ether oxygens (including phenoxy) is 3. The van der Waals surface area contributed by atoms with Gasteiger partial charge in [0.05, 0.1) is 12.2 Å². The molecule has 1 saturated carbocycles. The zero-order valence-electron chi connectivity index (χ0n) is 18.9. The Balaban J connectivity index is 1.40. The molecule has 4 aliphatic heterocycles. The number of carboxylic acids is 1. The first-order valence-corrected chi connectivity index (χ1v) is 11.9. The maximum absolute atomic E-state index is 11.3. The van der Waals surface area contributed by atoms with Crippen molar-refractivity contribution in [2.24, 2.45) is 23.7 Å². The molecule has 1 N–H and O–H groups in total. The number of carbonyl (C=O) groups is 1. The summed E-state index contributed by atoms with van der Waals surface area (Å²) in [7, 11) is 0. The molecule has 6 rings (SSSR count). The number of halogens is 1. The fourth-order valence-corrected chi connectivity index (χ4v) is 6.63. The molecule has 1 spiro atoms. The van der Waals surface area contributed by atoms with Crippen molar-refractivity contribution < 1.29 is 33.9 Å². The number of fused-ring (bicyclic) bond motifs is 2. The van der Waals surface area contributed by atoms with E-state index in [1.807, 2.05) is 13.8 Å². The second kappa shape index (κ2) is 7.93. The summed E-state index contributed by atoms with van der Waals surface area (Å²) in [6, 6.07) is 3.07. The maximum Gasteiger partial charge on any atom is 0.335 e. The van der Waals surface area contributed by atoms with E-state index in [1.54, 1.807) is 6.07 Å². The normalized spacial score (nSPS) is 42.9. The van der Waals surface area contributed by atoms with Crippen LogP contribution in [0.5, 0.6) is 0 Å². The smallest absolute Gasteiger partial charge is 0.335 e. The lowest BCUT2D eigenvalue weighted by molar-refractivity contribution is -0.577. The molecule has 1 aromatic carbocycles. The number of aryl methyl sites for hydroxylation is 1. The highest BCUT2D eigenvalue weighted by atomic mass is 35.5. The van der Waals surface area contributed by atoms with Crippen LogP contribution in [0.3, 0.4) is 0 Å². The molecule has 0 radical (unpaired) electrons. The van der Waals surface area contributed by atoms with E-state index >= 15 is 0 Å². The van der Waals surface area contributed by atoms with Crippen LogP contribution in [0, 0.1) is 30.6 Å². The van der Waals surface area contributed by atoms with Crippen LogP contribution >= 0.6 is 11.6 Å². The largest absolute Gasteiger partial charge is 0.478 e. The van der Waals surface area contributed by atoms with E-state index in [1.165, 1.54) is 6.07 Å². The van der Waals surface area contributed by atoms with Gasteiger partial charge in [-0.3, -0.25) is 0 Å². The van der Waals surface area contributed by atoms with Crippen LogP contribution in [0.2, 0.25) is 5.02 Å². The summed E-state index contributed by atoms with van der Waals surface area (Å²) in [4.78, 5) is 23.3. The van der Waals surface area contributed by atoms with Crippen LogP contribution < -0.4 is 0 Å². The third-order valence-corrected chi connectivity index (χ3v) is 8.49. The van der Waals surface area contributed by atoms with Gasteiger partial charge >= 0.3 is 5.97 Å². The van der Waals surface area contributed by atoms with E-state index in [2.05, 4.69) is 13.8 Å². The second-order valence-corrected chi connectivity index (χ2v) is 10.6. The minimum Gasteiger partial charge on any atom is -0.478 e. The van der Waals surface area contributed by atoms with Gasteiger partial charge in [0.2, 0.25) is 5.79 Å². The molecule has 2 bridgehead atoms. The molecular formula is C24H31ClO7. The van der Waals surface area contributed by atoms with Gasteiger partial charge in [0.25, 0.3) is 0 Å². The van der Waals surface area contributed by atoms with Gasteiger partial charge in [-0.15, -0.1) is 0 Å². The third kappa shape index (κ3) is 3.40. The van der Waals surface area contributed by atoms with Crippen molar-refractivity contribution in [3.63, 3.8) is 0 Å². The molecule has 32 heavy (non-hydrogen) atoms. The first-order chi connectivity index (χ1) is 15.1. The minimum absolute atomic E-state index is 0.0632. The Morgan fingerprint density at radius 2 is 2.00 bits per heavy atom. The van der Waals surface area contributed by atoms with Gasteiger partial charge in [0.15, 0.2) is 18.2 Å². The number of hydrogen-bond donors (Lipinski definition) is 1. The first kappa shape index (κ1) is 22.6. The highest BCUT2D eigenvalue weighted by Crippen LogP contribution is 2.60. The second-order valence-electron chi connectivity index (χ2n) is 10.1. The van der Waals surface area contributed by atoms with Crippen LogP contribution in [0.25, 0.3) is 0 Å². The molecule has 0 amide bonds. The van der Waals surface area contributed by atoms with E-state index in [-0.39, 0.29) is 24.0 Å². The van der Waals surface area contributed by atoms with E-state index in [0.29, 0.717) is 16.9 Å². The van der Waals surface area contributed by atoms with Gasteiger partial charge < -0.3 is 19.3 Å². The van der Waals surface area contributed by atoms with Crippen molar-refractivity contribution in [1.29, 1.82) is 0 Å². The molecule has 8 heteroatoms. The van der Waals surface area contributed by atoms with Crippen molar-refractivity contribution in [3.05, 3.63) is 33.8 Å². The number of benzene rings is 1. The average Bonchev–Trinajstić information content (AvgIpc) is 2.96. The molecule has 8 atom stereocenters. The first-order valence-electron chi connectivity index (χ1n) is 11.5. The Labute approximate surface area is 193 Å². The van der Waals surface area contributed by atoms with Crippen molar-refractivity contribution in [1.82, 2.24) is 0 Å². The lowest BCUT2D eigenvalue weighted by atomic mass is 9.58. The molecule has 5 aliphatic rings. The van der Waals surface area contributed by atoms with Gasteiger partial charge in [-0.05, 0) is 68.2 Å². The van der Waals surface area contributed by atoms with Crippen LogP contribution in [0.4, 0.5) is 0 Å². The number of aromatic carboxylic acids is 1. The van der Waals surface area contributed by atoms with Gasteiger partial charge in [0, 0.05) is 23.3 Å². The summed E-state index contributed by atoms with van der Waals surface area (Å²) < 4.78 is 19.0. The Morgan fingerprint density at radius 1 is 1.22 bits per heavy atom. The SMILES string of the molecule is Cc1cc(C(=O)O)cc(Cl)c1CO[C@H]1O[C@@H]2O[C@@]3(C)CC[C@H]4[C@H](C)CC[C@@H]([C@H]1C)[C@@]24OO3. The Kier molecular flexibility index (Phi) is 5.59. The predicted molar refractivity (Wildman–Crippen MR) is 115 cm³/mol. The van der Waals surface area contributed by atoms with Gasteiger partial charge in [0.1, 0.15) is 0 Å². The lowest BCUT2D eigenvalue weighted by Gasteiger charge is -2.60. The summed E-state index contributed by atoms with van der Waals surface area (Å²) in [5, 5.41) is 9.63. The molecule has 7 nitrogen and oxygen atoms in total. The quantitative estimate of drug-likeness (QED) is 0.620. The minimum atomic E-state index is -1.01. The standard InChI is InChI=1S/C24H31ClO7/c1-12-5-6-18-14(3)21(28-11-16-13(2)9-15(20(26)27)10-19(16)25)29-22-24(18)17(12)7-8-23(4,30-22)31-32-24/h9-10,12,14,17-18,21-22H,5-8,11H2,1-4H3,(H,26,27)/t12-,14-,17+,18+,21+,22-,23-,24-/m1/s1. The van der Waals surface area contributed by atoms with Crippen LogP contribution in [0.1, 0.15) is 67.9 Å². The molecule has 176 valence electrons. The number of rotatable bonds is 4. The fraction of sp³-hybridized carbons (Fsp3) is 0.708. The van der Waals surface area contributed by atoms with Gasteiger partial charge in [-0.1, -0.05) is 25.4 Å². The maximum atomic E-state index is 11.3. The summed E-state index contributed by atoms with van der Waals surface area (Å²) in [6.45, 7) is 8.39. The monoisotopic (exact) mass is 466 g/mol. The third-order valence-electron chi connectivity index (χ3n) is 8.15. The molecule has 4 saturated heterocycles. The van der Waals surface area contributed by atoms with E-state index in [0.717, 1.165) is 36.8 Å². The Bertz CT molecular complexity index is 899. The van der Waals surface area contributed by atoms with E-state index in [4.69, 9.17) is 35.6 Å². The van der Waals surface area contributed by atoms with Crippen molar-refractivity contribution >= 4 is 17.6 Å². The summed E-state index contributed by atoms with van der Waals surface area (Å²) in [6.07, 6.45) is 2.81. The van der Waals surface area contributed by atoms with E-state index < -0.39 is 29.9 Å². The summed E-state index contributed by atoms with van der Waals surface area (Å²) in [5.41, 5.74) is 1.08. The van der Waals surface area contributed by atoms with Gasteiger partial charge in [-0.2, -0.15) is 0 Å². The van der Waals surface area contributed by atoms with Crippen molar-refractivity contribution in [3.8, 4) is 0 Å². The molecule has 5 fully saturated rings. The Morgan fingerprint density at radius 3 is 2.72 bits per heavy atom. The molecule has 0 unspecified atom stereocenters. The zero-order chi connectivity index (χ0) is 22.8. The van der Waals surface area contributed by atoms with Crippen LogP contribution in [-0.2, 0) is 30.6 Å². The summed E-state index contributed by atoms with van der Waals surface area (Å²) >= 11 is 6.39. The molecule has 1 aromatic rings. The molecule has 0 aromatic heterocycles. The number of hydrogen-bond acceptors (Lipinski definition) is 6. The predicted octanol–water partition coefficient (Wildman–Crippen LogP) is 5.07. The zero-order valence-corrected chi connectivity index (χ0v) is 19.7. The molecule has 4 heterocycles. The van der Waals surface area contributed by atoms with Crippen molar-refractivity contribution in [2.45, 2.75) is 84.0 Å². The number of carboxylic acid groups (broad SMARTS) is 1. The average molecular weight is 467 g/mol. The fourth-order valence-electron chi connectivity index (χ4n) is 6.31. The van der Waals surface area contributed by atoms with Crippen LogP contribution in [0.15, 0.2) is 12.1 Å².